The molecule has 27 heavy (non-hydrogen) atoms. The molecule has 3 aromatic rings. The summed E-state index contributed by atoms with van der Waals surface area (Å²) in [5, 5.41) is 3.04. The lowest BCUT2D eigenvalue weighted by molar-refractivity contribution is -0.115. The number of thiazole rings is 1. The Balaban J connectivity index is 1.81. The highest BCUT2D eigenvalue weighted by Crippen LogP contribution is 2.33. The molecule has 1 amide bonds. The first kappa shape index (κ1) is 19.9. The quantitative estimate of drug-likeness (QED) is 0.435. The van der Waals surface area contributed by atoms with E-state index in [1.165, 1.54) is 11.3 Å². The van der Waals surface area contributed by atoms with Gasteiger partial charge in [-0.1, -0.05) is 45.2 Å². The van der Waals surface area contributed by atoms with Gasteiger partial charge in [-0.25, -0.2) is 4.98 Å². The number of carbonyl (C=O) groups is 1. The van der Waals surface area contributed by atoms with Crippen LogP contribution in [0.3, 0.4) is 0 Å². The largest absolute Gasteiger partial charge is 0.486 e. The second-order valence-electron chi connectivity index (χ2n) is 6.13. The lowest BCUT2D eigenvalue weighted by Crippen LogP contribution is -2.23. The molecular weight excluding hydrogens is 448 g/mol. The maximum atomic E-state index is 12.3. The van der Waals surface area contributed by atoms with Gasteiger partial charge in [0, 0.05) is 16.8 Å². The first-order valence-corrected chi connectivity index (χ1v) is 10.3. The SMILES string of the molecule is CC(=O)N(c1nc(COc2ccc(Br)cc2Cl)cs1)c1ccc(C)cc1C. The third-order valence-corrected chi connectivity index (χ3v) is 5.57. The van der Waals surface area contributed by atoms with Crippen molar-refractivity contribution < 1.29 is 9.53 Å². The summed E-state index contributed by atoms with van der Waals surface area (Å²) in [5.41, 5.74) is 3.76. The molecule has 0 saturated carbocycles. The Labute approximate surface area is 175 Å². The number of ether oxygens (including phenoxy) is 1. The Morgan fingerprint density at radius 2 is 2.04 bits per heavy atom. The Kier molecular flexibility index (Phi) is 6.19. The lowest BCUT2D eigenvalue weighted by Gasteiger charge is -2.20. The monoisotopic (exact) mass is 464 g/mol. The third kappa shape index (κ3) is 4.69. The molecule has 0 unspecified atom stereocenters. The highest BCUT2D eigenvalue weighted by Gasteiger charge is 2.20. The summed E-state index contributed by atoms with van der Waals surface area (Å²) in [6.45, 7) is 5.83. The van der Waals surface area contributed by atoms with E-state index in [1.807, 2.05) is 37.4 Å². The molecule has 140 valence electrons. The van der Waals surface area contributed by atoms with Crippen molar-refractivity contribution in [2.24, 2.45) is 0 Å². The van der Waals surface area contributed by atoms with Crippen molar-refractivity contribution in [3.05, 3.63) is 68.1 Å². The second-order valence-corrected chi connectivity index (χ2v) is 8.29. The van der Waals surface area contributed by atoms with Gasteiger partial charge in [-0.05, 0) is 43.7 Å². The Morgan fingerprint density at radius 1 is 1.26 bits per heavy atom. The maximum absolute atomic E-state index is 12.3. The van der Waals surface area contributed by atoms with E-state index in [4.69, 9.17) is 16.3 Å². The average Bonchev–Trinajstić information content (AvgIpc) is 3.04. The van der Waals surface area contributed by atoms with Crippen LogP contribution in [-0.4, -0.2) is 10.9 Å². The molecule has 4 nitrogen and oxygen atoms in total. The number of halogens is 2. The van der Waals surface area contributed by atoms with Crippen LogP contribution in [0.5, 0.6) is 5.75 Å². The molecule has 0 fully saturated rings. The molecule has 1 aromatic heterocycles. The van der Waals surface area contributed by atoms with Gasteiger partial charge in [-0.15, -0.1) is 11.3 Å². The normalized spacial score (nSPS) is 10.7. The summed E-state index contributed by atoms with van der Waals surface area (Å²) in [4.78, 5) is 18.5. The molecule has 2 aromatic carbocycles. The summed E-state index contributed by atoms with van der Waals surface area (Å²) in [6.07, 6.45) is 0. The molecule has 0 N–H and O–H groups in total. The van der Waals surface area contributed by atoms with Crippen LogP contribution >= 0.6 is 38.9 Å². The molecule has 0 aliphatic rings. The number of anilines is 2. The average molecular weight is 466 g/mol. The van der Waals surface area contributed by atoms with Crippen molar-refractivity contribution in [1.82, 2.24) is 4.98 Å². The van der Waals surface area contributed by atoms with E-state index in [1.54, 1.807) is 24.0 Å². The zero-order chi connectivity index (χ0) is 19.6. The van der Waals surface area contributed by atoms with Gasteiger partial charge in [0.05, 0.1) is 16.4 Å². The van der Waals surface area contributed by atoms with Gasteiger partial charge in [0.1, 0.15) is 12.4 Å². The highest BCUT2D eigenvalue weighted by molar-refractivity contribution is 9.10. The zero-order valence-corrected chi connectivity index (χ0v) is 18.3. The Hall–Kier alpha value is -1.89. The van der Waals surface area contributed by atoms with Gasteiger partial charge in [0.2, 0.25) is 5.91 Å². The number of rotatable bonds is 5. The predicted molar refractivity (Wildman–Crippen MR) is 114 cm³/mol. The highest BCUT2D eigenvalue weighted by atomic mass is 79.9. The number of carbonyl (C=O) groups excluding carboxylic acids is 1. The minimum atomic E-state index is -0.0836. The van der Waals surface area contributed by atoms with Crippen LogP contribution in [0.25, 0.3) is 0 Å². The van der Waals surface area contributed by atoms with Crippen LogP contribution < -0.4 is 9.64 Å². The van der Waals surface area contributed by atoms with Crippen LogP contribution in [0.4, 0.5) is 10.8 Å². The van der Waals surface area contributed by atoms with Crippen molar-refractivity contribution in [2.45, 2.75) is 27.4 Å². The number of benzene rings is 2. The minimum absolute atomic E-state index is 0.0836. The molecular formula is C20H18BrClN2O2S. The Morgan fingerprint density at radius 3 is 2.70 bits per heavy atom. The van der Waals surface area contributed by atoms with Gasteiger partial charge in [-0.3, -0.25) is 9.69 Å². The fourth-order valence-electron chi connectivity index (χ4n) is 2.67. The van der Waals surface area contributed by atoms with Crippen molar-refractivity contribution in [2.75, 3.05) is 4.90 Å². The van der Waals surface area contributed by atoms with Crippen LogP contribution in [0.15, 0.2) is 46.3 Å². The van der Waals surface area contributed by atoms with Crippen molar-refractivity contribution in [3.8, 4) is 5.75 Å². The van der Waals surface area contributed by atoms with Gasteiger partial charge in [0.15, 0.2) is 5.13 Å². The van der Waals surface area contributed by atoms with E-state index in [0.717, 1.165) is 27.0 Å². The first-order valence-electron chi connectivity index (χ1n) is 8.25. The van der Waals surface area contributed by atoms with E-state index in [0.29, 0.717) is 15.9 Å². The molecule has 7 heteroatoms. The number of amides is 1. The predicted octanol–water partition coefficient (Wildman–Crippen LogP) is 6.44. The van der Waals surface area contributed by atoms with Crippen LogP contribution in [0.2, 0.25) is 5.02 Å². The molecule has 0 aliphatic carbocycles. The number of nitrogens with zero attached hydrogens (tertiary/aromatic N) is 2. The fraction of sp³-hybridized carbons (Fsp3) is 0.200. The fourth-order valence-corrected chi connectivity index (χ4v) is 4.27. The standard InChI is InChI=1S/C20H18BrClN2O2S/c1-12-4-6-18(13(2)8-12)24(14(3)25)20-23-16(11-27-20)10-26-19-7-5-15(21)9-17(19)22/h4-9,11H,10H2,1-3H3. The molecule has 0 saturated heterocycles. The van der Waals surface area contributed by atoms with Crippen LogP contribution in [0, 0.1) is 13.8 Å². The van der Waals surface area contributed by atoms with Crippen molar-refractivity contribution in [1.29, 1.82) is 0 Å². The molecule has 0 spiro atoms. The second kappa shape index (κ2) is 8.42. The summed E-state index contributed by atoms with van der Waals surface area (Å²) in [7, 11) is 0. The number of aromatic nitrogens is 1. The molecule has 0 atom stereocenters. The lowest BCUT2D eigenvalue weighted by atomic mass is 10.1. The summed E-state index contributed by atoms with van der Waals surface area (Å²) in [6, 6.07) is 11.4. The summed E-state index contributed by atoms with van der Waals surface area (Å²) >= 11 is 11.0. The van der Waals surface area contributed by atoms with Crippen molar-refractivity contribution >= 4 is 55.6 Å². The van der Waals surface area contributed by atoms with Crippen LogP contribution in [-0.2, 0) is 11.4 Å². The van der Waals surface area contributed by atoms with Crippen molar-refractivity contribution in [3.63, 3.8) is 0 Å². The summed E-state index contributed by atoms with van der Waals surface area (Å²) in [5.74, 6) is 0.506. The molecule has 1 heterocycles. The van der Waals surface area contributed by atoms with E-state index in [2.05, 4.69) is 27.0 Å². The minimum Gasteiger partial charge on any atom is -0.486 e. The smallest absolute Gasteiger partial charge is 0.230 e. The maximum Gasteiger partial charge on any atom is 0.230 e. The molecule has 0 aliphatic heterocycles. The molecule has 0 bridgehead atoms. The summed E-state index contributed by atoms with van der Waals surface area (Å²) < 4.78 is 6.65. The van der Waals surface area contributed by atoms with Gasteiger partial charge >= 0.3 is 0 Å². The number of hydrogen-bond donors (Lipinski definition) is 0. The topological polar surface area (TPSA) is 42.4 Å². The number of aryl methyl sites for hydroxylation is 2. The number of hydrogen-bond acceptors (Lipinski definition) is 4. The van der Waals surface area contributed by atoms with E-state index < -0.39 is 0 Å². The van der Waals surface area contributed by atoms with E-state index in [-0.39, 0.29) is 12.5 Å². The van der Waals surface area contributed by atoms with Gasteiger partial charge < -0.3 is 4.74 Å². The molecule has 0 radical (unpaired) electrons. The van der Waals surface area contributed by atoms with Gasteiger partial charge in [-0.2, -0.15) is 0 Å². The first-order chi connectivity index (χ1) is 12.8. The van der Waals surface area contributed by atoms with Gasteiger partial charge in [0.25, 0.3) is 0 Å². The van der Waals surface area contributed by atoms with E-state index in [9.17, 15) is 4.79 Å². The Bertz CT molecular complexity index is 990. The van der Waals surface area contributed by atoms with E-state index >= 15 is 0 Å². The zero-order valence-electron chi connectivity index (χ0n) is 15.1. The van der Waals surface area contributed by atoms with Crippen LogP contribution in [0.1, 0.15) is 23.7 Å². The third-order valence-electron chi connectivity index (χ3n) is 3.91. The molecule has 3 rings (SSSR count).